The van der Waals surface area contributed by atoms with Gasteiger partial charge in [-0.1, -0.05) is 29.9 Å². The van der Waals surface area contributed by atoms with Gasteiger partial charge < -0.3 is 5.73 Å². The van der Waals surface area contributed by atoms with Gasteiger partial charge in [0.1, 0.15) is 0 Å². The summed E-state index contributed by atoms with van der Waals surface area (Å²) in [5.74, 6) is 0. The third kappa shape index (κ3) is 2.09. The fourth-order valence-electron chi connectivity index (χ4n) is 0.928. The molecule has 0 aromatic carbocycles. The summed E-state index contributed by atoms with van der Waals surface area (Å²) in [5.41, 5.74) is 7.93. The summed E-state index contributed by atoms with van der Waals surface area (Å²) in [5, 5.41) is 0. The van der Waals surface area contributed by atoms with Crippen LogP contribution in [-0.4, -0.2) is 0 Å². The van der Waals surface area contributed by atoms with Crippen LogP contribution in [0, 0.1) is 0 Å². The molecular weight excluding hydrogens is 122 g/mol. The second-order valence-corrected chi connectivity index (χ2v) is 2.57. The SMILES string of the molecule is C/C1=C/C/C=C(/N)CC=C1. The minimum atomic E-state index is 0.894. The maximum Gasteiger partial charge on any atom is 0.00815 e. The Morgan fingerprint density at radius 3 is 3.00 bits per heavy atom. The Balaban J connectivity index is 2.70. The largest absolute Gasteiger partial charge is 0.402 e. The third-order valence-electron chi connectivity index (χ3n) is 1.55. The van der Waals surface area contributed by atoms with Crippen LogP contribution in [0.15, 0.2) is 35.6 Å². The maximum atomic E-state index is 5.63. The lowest BCUT2D eigenvalue weighted by molar-refractivity contribution is 1.11. The Bertz CT molecular complexity index is 197. The van der Waals surface area contributed by atoms with E-state index in [1.807, 2.05) is 0 Å². The van der Waals surface area contributed by atoms with Crippen LogP contribution in [0.1, 0.15) is 19.8 Å². The van der Waals surface area contributed by atoms with Crippen LogP contribution in [-0.2, 0) is 0 Å². The van der Waals surface area contributed by atoms with Crippen molar-refractivity contribution >= 4 is 0 Å². The lowest BCUT2D eigenvalue weighted by Crippen LogP contribution is -1.95. The van der Waals surface area contributed by atoms with Crippen LogP contribution in [0.2, 0.25) is 0 Å². The summed E-state index contributed by atoms with van der Waals surface area (Å²) in [7, 11) is 0. The number of hydrogen-bond acceptors (Lipinski definition) is 1. The summed E-state index contributed by atoms with van der Waals surface area (Å²) < 4.78 is 0. The molecule has 0 fully saturated rings. The third-order valence-corrected chi connectivity index (χ3v) is 1.55. The molecule has 0 saturated carbocycles. The first kappa shape index (κ1) is 7.13. The topological polar surface area (TPSA) is 26.0 Å². The van der Waals surface area contributed by atoms with Gasteiger partial charge in [-0.2, -0.15) is 0 Å². The predicted molar refractivity (Wildman–Crippen MR) is 44.4 cm³/mol. The highest BCUT2D eigenvalue weighted by Gasteiger charge is 1.89. The van der Waals surface area contributed by atoms with Gasteiger partial charge in [0.05, 0.1) is 0 Å². The predicted octanol–water partition coefficient (Wildman–Crippen LogP) is 2.13. The maximum absolute atomic E-state index is 5.63. The van der Waals surface area contributed by atoms with E-state index in [1.54, 1.807) is 0 Å². The Kier molecular flexibility index (Phi) is 2.32. The second-order valence-electron chi connectivity index (χ2n) is 2.57. The molecule has 0 aromatic heterocycles. The molecule has 1 aliphatic carbocycles. The number of rotatable bonds is 0. The molecule has 54 valence electrons. The van der Waals surface area contributed by atoms with Gasteiger partial charge in [0.15, 0.2) is 0 Å². The zero-order chi connectivity index (χ0) is 7.40. The lowest BCUT2D eigenvalue weighted by atomic mass is 10.1. The average molecular weight is 135 g/mol. The highest BCUT2D eigenvalue weighted by atomic mass is 14.6. The van der Waals surface area contributed by atoms with Crippen LogP contribution in [0.5, 0.6) is 0 Å². The smallest absolute Gasteiger partial charge is 0.00815 e. The quantitative estimate of drug-likeness (QED) is 0.541. The zero-order valence-corrected chi connectivity index (χ0v) is 6.30. The van der Waals surface area contributed by atoms with E-state index in [2.05, 4.69) is 31.2 Å². The van der Waals surface area contributed by atoms with Gasteiger partial charge in [-0.3, -0.25) is 0 Å². The minimum Gasteiger partial charge on any atom is -0.402 e. The highest BCUT2D eigenvalue weighted by Crippen LogP contribution is 2.06. The molecule has 0 atom stereocenters. The highest BCUT2D eigenvalue weighted by molar-refractivity contribution is 5.21. The van der Waals surface area contributed by atoms with Crippen LogP contribution >= 0.6 is 0 Å². The normalized spacial score (nSPS) is 29.3. The van der Waals surface area contributed by atoms with Gasteiger partial charge in [-0.15, -0.1) is 0 Å². The van der Waals surface area contributed by atoms with Gasteiger partial charge in [0.25, 0.3) is 0 Å². The van der Waals surface area contributed by atoms with Crippen molar-refractivity contribution in [3.63, 3.8) is 0 Å². The molecule has 10 heavy (non-hydrogen) atoms. The fraction of sp³-hybridized carbons (Fsp3) is 0.333. The second kappa shape index (κ2) is 3.25. The monoisotopic (exact) mass is 135 g/mol. The molecular formula is C9H13N. The summed E-state index contributed by atoms with van der Waals surface area (Å²) >= 11 is 0. The van der Waals surface area contributed by atoms with E-state index < -0.39 is 0 Å². The molecule has 0 aliphatic heterocycles. The number of allylic oxidation sites excluding steroid dienone is 5. The van der Waals surface area contributed by atoms with Crippen molar-refractivity contribution in [2.24, 2.45) is 5.73 Å². The van der Waals surface area contributed by atoms with Gasteiger partial charge in [0, 0.05) is 12.1 Å². The molecule has 1 nitrogen and oxygen atoms in total. The Morgan fingerprint density at radius 1 is 1.40 bits per heavy atom. The van der Waals surface area contributed by atoms with E-state index in [9.17, 15) is 0 Å². The molecule has 2 N–H and O–H groups in total. The van der Waals surface area contributed by atoms with E-state index in [0.717, 1.165) is 18.5 Å². The van der Waals surface area contributed by atoms with Gasteiger partial charge in [-0.25, -0.2) is 0 Å². The van der Waals surface area contributed by atoms with Gasteiger partial charge >= 0.3 is 0 Å². The molecule has 0 radical (unpaired) electrons. The molecule has 0 bridgehead atoms. The van der Waals surface area contributed by atoms with Gasteiger partial charge in [-0.05, 0) is 13.3 Å². The summed E-state index contributed by atoms with van der Waals surface area (Å²) in [6, 6.07) is 0. The Labute approximate surface area is 61.9 Å². The van der Waals surface area contributed by atoms with E-state index in [1.165, 1.54) is 5.57 Å². The fourth-order valence-corrected chi connectivity index (χ4v) is 0.928. The molecule has 1 heteroatoms. The standard InChI is InChI=1S/C9H13N/c1-8-4-2-6-9(10)7-3-5-8/h2,4-5,7H,3,6,10H2,1H3/b4-2?,8-5-,9-7+. The minimum absolute atomic E-state index is 0.894. The van der Waals surface area contributed by atoms with Crippen molar-refractivity contribution in [2.75, 3.05) is 0 Å². The summed E-state index contributed by atoms with van der Waals surface area (Å²) in [6.07, 6.45) is 10.3. The molecule has 0 saturated heterocycles. The molecule has 1 aliphatic rings. The van der Waals surface area contributed by atoms with Crippen molar-refractivity contribution in [1.29, 1.82) is 0 Å². The molecule has 0 aromatic rings. The van der Waals surface area contributed by atoms with Crippen molar-refractivity contribution < 1.29 is 0 Å². The molecule has 0 unspecified atom stereocenters. The van der Waals surface area contributed by atoms with Gasteiger partial charge in [0.2, 0.25) is 0 Å². The average Bonchev–Trinajstić information content (AvgIpc) is 1.84. The zero-order valence-electron chi connectivity index (χ0n) is 6.30. The van der Waals surface area contributed by atoms with Crippen molar-refractivity contribution in [3.05, 3.63) is 35.6 Å². The van der Waals surface area contributed by atoms with E-state index in [0.29, 0.717) is 0 Å². The van der Waals surface area contributed by atoms with Crippen LogP contribution < -0.4 is 5.73 Å². The molecule has 1 rings (SSSR count). The van der Waals surface area contributed by atoms with Crippen molar-refractivity contribution in [2.45, 2.75) is 19.8 Å². The summed E-state index contributed by atoms with van der Waals surface area (Å²) in [4.78, 5) is 0. The molecule has 0 heterocycles. The van der Waals surface area contributed by atoms with Crippen molar-refractivity contribution in [3.8, 4) is 0 Å². The van der Waals surface area contributed by atoms with E-state index in [4.69, 9.17) is 5.73 Å². The van der Waals surface area contributed by atoms with Crippen LogP contribution in [0.25, 0.3) is 0 Å². The number of hydrogen-bond donors (Lipinski definition) is 1. The van der Waals surface area contributed by atoms with E-state index >= 15 is 0 Å². The van der Waals surface area contributed by atoms with Crippen molar-refractivity contribution in [1.82, 2.24) is 0 Å². The number of nitrogens with two attached hydrogens (primary N) is 1. The first-order valence-corrected chi connectivity index (χ1v) is 3.57. The Hall–Kier alpha value is -0.980. The Morgan fingerprint density at radius 2 is 2.20 bits per heavy atom. The molecule has 0 amide bonds. The van der Waals surface area contributed by atoms with Crippen LogP contribution in [0.4, 0.5) is 0 Å². The summed E-state index contributed by atoms with van der Waals surface area (Å²) in [6.45, 7) is 2.10. The lowest BCUT2D eigenvalue weighted by Gasteiger charge is -1.99. The van der Waals surface area contributed by atoms with E-state index in [-0.39, 0.29) is 0 Å². The van der Waals surface area contributed by atoms with Crippen LogP contribution in [0.3, 0.4) is 0 Å². The molecule has 0 spiro atoms. The first-order chi connectivity index (χ1) is 4.79. The first-order valence-electron chi connectivity index (χ1n) is 3.57.